The van der Waals surface area contributed by atoms with Crippen molar-refractivity contribution >= 4 is 29.7 Å². The van der Waals surface area contributed by atoms with E-state index in [9.17, 15) is 29.4 Å². The number of aromatic hydroxyl groups is 1. The molecule has 1 aliphatic heterocycles. The number of aliphatic carboxylic acids is 1. The Morgan fingerprint density at radius 2 is 1.72 bits per heavy atom. The molecule has 1 fully saturated rings. The minimum atomic E-state index is -1.11. The van der Waals surface area contributed by atoms with Crippen LogP contribution in [0.25, 0.3) is 0 Å². The summed E-state index contributed by atoms with van der Waals surface area (Å²) in [6.07, 6.45) is 1.83. The van der Waals surface area contributed by atoms with Gasteiger partial charge in [-0.2, -0.15) is 0 Å². The topological polar surface area (TPSA) is 226 Å². The molecule has 1 aliphatic rings. The standard InChI is InChI=1S/C26H41N7O6/c1-15(2)13-18(27)22(35)32-20(14-16-7-9-17(34)10-8-16)23(36)31-19(5-3-11-30-26(28)29)24(37)33-12-4-6-21(33)25(38)39/h7-10,15,18-21,34H,3-6,11-14,27H2,1-2H3,(H,31,36)(H,32,35)(H,38,39)(H4,28,29,30). The molecule has 4 atom stereocenters. The highest BCUT2D eigenvalue weighted by Gasteiger charge is 2.38. The predicted molar refractivity (Wildman–Crippen MR) is 145 cm³/mol. The van der Waals surface area contributed by atoms with Gasteiger partial charge in [-0.15, -0.1) is 0 Å². The predicted octanol–water partition coefficient (Wildman–Crippen LogP) is -0.593. The Hall–Kier alpha value is -3.87. The molecule has 1 heterocycles. The van der Waals surface area contributed by atoms with Gasteiger partial charge in [0, 0.05) is 19.5 Å². The molecule has 10 N–H and O–H groups in total. The first-order chi connectivity index (χ1) is 18.4. The Bertz CT molecular complexity index is 1030. The summed E-state index contributed by atoms with van der Waals surface area (Å²) in [5.74, 6) is -2.67. The first-order valence-corrected chi connectivity index (χ1v) is 13.1. The van der Waals surface area contributed by atoms with Crippen LogP contribution in [0.2, 0.25) is 0 Å². The highest BCUT2D eigenvalue weighted by atomic mass is 16.4. The minimum Gasteiger partial charge on any atom is -0.508 e. The van der Waals surface area contributed by atoms with Gasteiger partial charge in [-0.3, -0.25) is 19.4 Å². The Morgan fingerprint density at radius 3 is 2.31 bits per heavy atom. The number of nitrogens with zero attached hydrogens (tertiary/aromatic N) is 2. The maximum absolute atomic E-state index is 13.5. The third kappa shape index (κ3) is 10.1. The normalized spacial score (nSPS) is 17.2. The number of carbonyl (C=O) groups excluding carboxylic acids is 3. The van der Waals surface area contributed by atoms with E-state index < -0.39 is 47.9 Å². The Morgan fingerprint density at radius 1 is 1.08 bits per heavy atom. The lowest BCUT2D eigenvalue weighted by atomic mass is 10.0. The van der Waals surface area contributed by atoms with Crippen LogP contribution in [0.1, 0.15) is 51.5 Å². The van der Waals surface area contributed by atoms with E-state index in [0.29, 0.717) is 31.2 Å². The number of phenols is 1. The van der Waals surface area contributed by atoms with Crippen LogP contribution in [0.4, 0.5) is 0 Å². The molecule has 0 radical (unpaired) electrons. The average Bonchev–Trinajstić information content (AvgIpc) is 3.36. The molecule has 2 rings (SSSR count). The number of nitrogens with two attached hydrogens (primary N) is 3. The third-order valence-electron chi connectivity index (χ3n) is 6.45. The molecule has 216 valence electrons. The summed E-state index contributed by atoms with van der Waals surface area (Å²) < 4.78 is 0. The number of hydrogen-bond acceptors (Lipinski definition) is 7. The number of carboxylic acids is 1. The summed E-state index contributed by atoms with van der Waals surface area (Å²) in [6.45, 7) is 4.32. The molecular formula is C26H41N7O6. The third-order valence-corrected chi connectivity index (χ3v) is 6.45. The van der Waals surface area contributed by atoms with E-state index in [1.54, 1.807) is 12.1 Å². The van der Waals surface area contributed by atoms with Gasteiger partial charge in [0.25, 0.3) is 0 Å². The number of aliphatic imine (C=N–C) groups is 1. The zero-order valence-electron chi connectivity index (χ0n) is 22.5. The molecule has 0 bridgehead atoms. The molecule has 13 nitrogen and oxygen atoms in total. The molecule has 1 aromatic carbocycles. The molecular weight excluding hydrogens is 506 g/mol. The monoisotopic (exact) mass is 547 g/mol. The van der Waals surface area contributed by atoms with Crippen molar-refractivity contribution in [1.29, 1.82) is 0 Å². The highest BCUT2D eigenvalue weighted by Crippen LogP contribution is 2.20. The number of amides is 3. The molecule has 4 unspecified atom stereocenters. The summed E-state index contributed by atoms with van der Waals surface area (Å²) in [7, 11) is 0. The number of phenolic OH excluding ortho intramolecular Hbond substituents is 1. The van der Waals surface area contributed by atoms with Crippen molar-refractivity contribution in [2.24, 2.45) is 28.1 Å². The number of rotatable bonds is 14. The smallest absolute Gasteiger partial charge is 0.326 e. The lowest BCUT2D eigenvalue weighted by Gasteiger charge is -2.29. The molecule has 1 aromatic rings. The Labute approximate surface area is 228 Å². The molecule has 0 aromatic heterocycles. The van der Waals surface area contributed by atoms with E-state index in [2.05, 4.69) is 15.6 Å². The zero-order chi connectivity index (χ0) is 29.1. The van der Waals surface area contributed by atoms with Crippen LogP contribution in [-0.4, -0.2) is 82.0 Å². The number of likely N-dealkylation sites (tertiary alicyclic amines) is 1. The van der Waals surface area contributed by atoms with Crippen LogP contribution in [0.5, 0.6) is 5.75 Å². The summed E-state index contributed by atoms with van der Waals surface area (Å²) in [5, 5.41) is 24.6. The molecule has 0 spiro atoms. The number of nitrogens with one attached hydrogen (secondary N) is 2. The van der Waals surface area contributed by atoms with E-state index in [1.165, 1.54) is 17.0 Å². The fourth-order valence-corrected chi connectivity index (χ4v) is 4.49. The van der Waals surface area contributed by atoms with Gasteiger partial charge in [-0.25, -0.2) is 4.79 Å². The minimum absolute atomic E-state index is 0.0489. The number of hydrogen-bond donors (Lipinski definition) is 7. The Kier molecular flexibility index (Phi) is 12.0. The van der Waals surface area contributed by atoms with E-state index in [4.69, 9.17) is 17.2 Å². The fraction of sp³-hybridized carbons (Fsp3) is 0.577. The summed E-state index contributed by atoms with van der Waals surface area (Å²) in [6, 6.07) is 2.22. The van der Waals surface area contributed by atoms with E-state index in [-0.39, 0.29) is 43.6 Å². The largest absolute Gasteiger partial charge is 0.508 e. The van der Waals surface area contributed by atoms with Gasteiger partial charge in [-0.1, -0.05) is 26.0 Å². The van der Waals surface area contributed by atoms with Crippen LogP contribution >= 0.6 is 0 Å². The second kappa shape index (κ2) is 14.9. The van der Waals surface area contributed by atoms with Crippen molar-refractivity contribution in [3.63, 3.8) is 0 Å². The van der Waals surface area contributed by atoms with Gasteiger partial charge in [0.15, 0.2) is 5.96 Å². The van der Waals surface area contributed by atoms with Crippen molar-refractivity contribution in [1.82, 2.24) is 15.5 Å². The van der Waals surface area contributed by atoms with Crippen molar-refractivity contribution in [2.75, 3.05) is 13.1 Å². The number of carbonyl (C=O) groups is 4. The van der Waals surface area contributed by atoms with E-state index >= 15 is 0 Å². The first kappa shape index (κ1) is 31.3. The van der Waals surface area contributed by atoms with Crippen molar-refractivity contribution < 1.29 is 29.4 Å². The molecule has 3 amide bonds. The molecule has 13 heteroatoms. The average molecular weight is 548 g/mol. The van der Waals surface area contributed by atoms with Crippen LogP contribution < -0.4 is 27.8 Å². The number of carboxylic acid groups (broad SMARTS) is 1. The van der Waals surface area contributed by atoms with Gasteiger partial charge in [0.05, 0.1) is 6.04 Å². The van der Waals surface area contributed by atoms with Crippen molar-refractivity contribution in [2.45, 2.75) is 76.5 Å². The second-order valence-corrected chi connectivity index (χ2v) is 10.2. The van der Waals surface area contributed by atoms with Gasteiger partial charge in [0.2, 0.25) is 17.7 Å². The number of benzene rings is 1. The molecule has 39 heavy (non-hydrogen) atoms. The van der Waals surface area contributed by atoms with Gasteiger partial charge in [0.1, 0.15) is 23.9 Å². The zero-order valence-corrected chi connectivity index (χ0v) is 22.5. The molecule has 1 saturated heterocycles. The maximum Gasteiger partial charge on any atom is 0.326 e. The quantitative estimate of drug-likeness (QED) is 0.0895. The van der Waals surface area contributed by atoms with E-state index in [1.807, 2.05) is 13.8 Å². The van der Waals surface area contributed by atoms with Gasteiger partial charge < -0.3 is 42.9 Å². The lowest BCUT2D eigenvalue weighted by molar-refractivity contribution is -0.149. The van der Waals surface area contributed by atoms with Crippen molar-refractivity contribution in [3.8, 4) is 5.75 Å². The van der Waals surface area contributed by atoms with Gasteiger partial charge >= 0.3 is 5.97 Å². The van der Waals surface area contributed by atoms with Crippen LogP contribution in [-0.2, 0) is 25.6 Å². The van der Waals surface area contributed by atoms with Crippen LogP contribution in [0.3, 0.4) is 0 Å². The highest BCUT2D eigenvalue weighted by molar-refractivity contribution is 5.94. The lowest BCUT2D eigenvalue weighted by Crippen LogP contribution is -2.57. The number of guanidine groups is 1. The molecule has 0 saturated carbocycles. The SMILES string of the molecule is CC(C)CC(N)C(=O)NC(Cc1ccc(O)cc1)C(=O)NC(CCCN=C(N)N)C(=O)N1CCCC1C(=O)O. The van der Waals surface area contributed by atoms with Crippen LogP contribution in [0, 0.1) is 5.92 Å². The summed E-state index contributed by atoms with van der Waals surface area (Å²) >= 11 is 0. The summed E-state index contributed by atoms with van der Waals surface area (Å²) in [4.78, 5) is 56.6. The molecule has 0 aliphatic carbocycles. The fourth-order valence-electron chi connectivity index (χ4n) is 4.49. The van der Waals surface area contributed by atoms with E-state index in [0.717, 1.165) is 0 Å². The van der Waals surface area contributed by atoms with Gasteiger partial charge in [-0.05, 0) is 55.7 Å². The maximum atomic E-state index is 13.5. The van der Waals surface area contributed by atoms with Crippen LogP contribution in [0.15, 0.2) is 29.3 Å². The van der Waals surface area contributed by atoms with Crippen molar-refractivity contribution in [3.05, 3.63) is 29.8 Å². The second-order valence-electron chi connectivity index (χ2n) is 10.2. The summed E-state index contributed by atoms with van der Waals surface area (Å²) in [5.41, 5.74) is 17.4. The Balaban J connectivity index is 2.27. The first-order valence-electron chi connectivity index (χ1n) is 13.1.